The quantitative estimate of drug-likeness (QED) is 0.354. The Bertz CT molecular complexity index is 1060. The van der Waals surface area contributed by atoms with Crippen molar-refractivity contribution in [2.75, 3.05) is 7.11 Å². The highest BCUT2D eigenvalue weighted by molar-refractivity contribution is 7.98. The summed E-state index contributed by atoms with van der Waals surface area (Å²) in [6, 6.07) is 8.06. The van der Waals surface area contributed by atoms with E-state index >= 15 is 0 Å². The second-order valence-electron chi connectivity index (χ2n) is 5.91. The molecule has 1 aromatic carbocycles. The monoisotopic (exact) mass is 398 g/mol. The number of nitrogens with zero attached hydrogens (tertiary/aromatic N) is 2. The molecule has 0 radical (unpaired) electrons. The van der Waals surface area contributed by atoms with Crippen LogP contribution < -0.4 is 14.9 Å². The van der Waals surface area contributed by atoms with E-state index in [9.17, 15) is 9.59 Å². The van der Waals surface area contributed by atoms with Gasteiger partial charge >= 0.3 is 5.97 Å². The summed E-state index contributed by atoms with van der Waals surface area (Å²) < 4.78 is 15.7. The van der Waals surface area contributed by atoms with E-state index in [0.717, 1.165) is 12.0 Å². The molecule has 0 N–H and O–H groups in total. The number of ether oxygens (including phenoxy) is 2. The molecule has 0 aliphatic rings. The Morgan fingerprint density at radius 1 is 1.21 bits per heavy atom. The van der Waals surface area contributed by atoms with Crippen LogP contribution in [0.3, 0.4) is 0 Å². The zero-order valence-corrected chi connectivity index (χ0v) is 16.4. The summed E-state index contributed by atoms with van der Waals surface area (Å²) in [4.78, 5) is 33.0. The van der Waals surface area contributed by atoms with Crippen molar-refractivity contribution in [2.24, 2.45) is 0 Å². The first-order chi connectivity index (χ1) is 13.5. The van der Waals surface area contributed by atoms with E-state index in [0.29, 0.717) is 33.5 Å². The maximum absolute atomic E-state index is 12.4. The van der Waals surface area contributed by atoms with E-state index in [1.807, 2.05) is 6.92 Å². The minimum absolute atomic E-state index is 0.166. The first-order valence-corrected chi connectivity index (χ1v) is 9.36. The van der Waals surface area contributed by atoms with Crippen molar-refractivity contribution in [3.05, 3.63) is 75.6 Å². The molecule has 0 unspecified atom stereocenters. The SMILES string of the molecule is COc1ccc(C(=O)Oc2coc(CSc3nccc(C)n3)cc2=O)c(C)c1. The fraction of sp³-hybridized carbons (Fsp3) is 0.200. The molecule has 0 fully saturated rings. The van der Waals surface area contributed by atoms with Gasteiger partial charge in [0.15, 0.2) is 5.16 Å². The number of hydrogen-bond donors (Lipinski definition) is 0. The Labute approximate surface area is 165 Å². The zero-order valence-electron chi connectivity index (χ0n) is 15.6. The molecular weight excluding hydrogens is 380 g/mol. The van der Waals surface area contributed by atoms with Crippen LogP contribution in [0.15, 0.2) is 57.2 Å². The fourth-order valence-electron chi connectivity index (χ4n) is 2.37. The third kappa shape index (κ3) is 4.77. The van der Waals surface area contributed by atoms with Crippen LogP contribution in [0.4, 0.5) is 0 Å². The summed E-state index contributed by atoms with van der Waals surface area (Å²) in [6.45, 7) is 3.63. The van der Waals surface area contributed by atoms with Crippen LogP contribution in [0.5, 0.6) is 11.5 Å². The van der Waals surface area contributed by atoms with Crippen molar-refractivity contribution in [3.8, 4) is 11.5 Å². The van der Waals surface area contributed by atoms with Crippen molar-refractivity contribution in [1.82, 2.24) is 9.97 Å². The van der Waals surface area contributed by atoms with E-state index in [-0.39, 0.29) is 5.75 Å². The number of esters is 1. The zero-order chi connectivity index (χ0) is 20.1. The summed E-state index contributed by atoms with van der Waals surface area (Å²) >= 11 is 1.34. The topological polar surface area (TPSA) is 91.5 Å². The van der Waals surface area contributed by atoms with E-state index < -0.39 is 11.4 Å². The van der Waals surface area contributed by atoms with Crippen molar-refractivity contribution < 1.29 is 18.7 Å². The molecule has 0 saturated heterocycles. The lowest BCUT2D eigenvalue weighted by atomic mass is 10.1. The second-order valence-corrected chi connectivity index (χ2v) is 6.86. The Morgan fingerprint density at radius 2 is 2.04 bits per heavy atom. The van der Waals surface area contributed by atoms with Crippen LogP contribution in [0.2, 0.25) is 0 Å². The van der Waals surface area contributed by atoms with Crippen LogP contribution in [0.25, 0.3) is 0 Å². The molecule has 144 valence electrons. The molecule has 2 aromatic heterocycles. The maximum atomic E-state index is 12.4. The Hall–Kier alpha value is -3.13. The van der Waals surface area contributed by atoms with Gasteiger partial charge in [-0.1, -0.05) is 11.8 Å². The van der Waals surface area contributed by atoms with Gasteiger partial charge in [0.25, 0.3) is 0 Å². The molecule has 0 saturated carbocycles. The number of rotatable bonds is 6. The Balaban J connectivity index is 1.68. The van der Waals surface area contributed by atoms with Gasteiger partial charge in [0.1, 0.15) is 17.8 Å². The lowest BCUT2D eigenvalue weighted by molar-refractivity contribution is 0.0728. The van der Waals surface area contributed by atoms with Gasteiger partial charge in [0, 0.05) is 18.0 Å². The molecule has 3 rings (SSSR count). The van der Waals surface area contributed by atoms with Crippen LogP contribution in [-0.2, 0) is 5.75 Å². The lowest BCUT2D eigenvalue weighted by Gasteiger charge is -2.08. The van der Waals surface area contributed by atoms with Crippen LogP contribution in [0.1, 0.15) is 27.4 Å². The normalized spacial score (nSPS) is 10.5. The van der Waals surface area contributed by atoms with Gasteiger partial charge in [0.2, 0.25) is 11.2 Å². The van der Waals surface area contributed by atoms with Gasteiger partial charge < -0.3 is 13.9 Å². The van der Waals surface area contributed by atoms with Gasteiger partial charge in [-0.2, -0.15) is 0 Å². The number of benzene rings is 1. The summed E-state index contributed by atoms with van der Waals surface area (Å²) in [7, 11) is 1.54. The number of aryl methyl sites for hydroxylation is 2. The largest absolute Gasteiger partial charge is 0.497 e. The minimum Gasteiger partial charge on any atom is -0.497 e. The number of hydrogen-bond acceptors (Lipinski definition) is 8. The highest BCUT2D eigenvalue weighted by Crippen LogP contribution is 2.21. The maximum Gasteiger partial charge on any atom is 0.344 e. The molecule has 0 aliphatic heterocycles. The lowest BCUT2D eigenvalue weighted by Crippen LogP contribution is -2.15. The fourth-order valence-corrected chi connectivity index (χ4v) is 3.13. The van der Waals surface area contributed by atoms with Crippen LogP contribution in [0, 0.1) is 13.8 Å². The minimum atomic E-state index is -0.636. The van der Waals surface area contributed by atoms with Crippen molar-refractivity contribution >= 4 is 17.7 Å². The molecule has 7 nitrogen and oxygen atoms in total. The van der Waals surface area contributed by atoms with Crippen molar-refractivity contribution in [2.45, 2.75) is 24.8 Å². The Morgan fingerprint density at radius 3 is 2.71 bits per heavy atom. The summed E-state index contributed by atoms with van der Waals surface area (Å²) in [6.07, 6.45) is 2.82. The van der Waals surface area contributed by atoms with Gasteiger partial charge in [0.05, 0.1) is 18.4 Å². The molecule has 2 heterocycles. The van der Waals surface area contributed by atoms with Crippen molar-refractivity contribution in [1.29, 1.82) is 0 Å². The summed E-state index contributed by atoms with van der Waals surface area (Å²) in [5, 5.41) is 0.591. The molecular formula is C20H18N2O5S. The molecule has 0 spiro atoms. The van der Waals surface area contributed by atoms with E-state index in [1.165, 1.54) is 17.8 Å². The van der Waals surface area contributed by atoms with Crippen molar-refractivity contribution in [3.63, 3.8) is 0 Å². The van der Waals surface area contributed by atoms with E-state index in [4.69, 9.17) is 13.9 Å². The highest BCUT2D eigenvalue weighted by atomic mass is 32.2. The standard InChI is InChI=1S/C20H18N2O5S/c1-12-8-14(25-3)4-5-16(12)19(24)27-18-10-26-15(9-17(18)23)11-28-20-21-7-6-13(2)22-20/h4-10H,11H2,1-3H3. The van der Waals surface area contributed by atoms with Gasteiger partial charge in [-0.05, 0) is 43.7 Å². The summed E-state index contributed by atoms with van der Waals surface area (Å²) in [5.74, 6) is 0.641. The van der Waals surface area contributed by atoms with Crippen LogP contribution >= 0.6 is 11.8 Å². The molecule has 0 aliphatic carbocycles. The highest BCUT2D eigenvalue weighted by Gasteiger charge is 2.15. The van der Waals surface area contributed by atoms with E-state index in [2.05, 4.69) is 9.97 Å². The average Bonchev–Trinajstić information content (AvgIpc) is 2.68. The first kappa shape index (κ1) is 19.6. The van der Waals surface area contributed by atoms with Crippen LogP contribution in [-0.4, -0.2) is 23.0 Å². The third-order valence-corrected chi connectivity index (χ3v) is 4.71. The number of carbonyl (C=O) groups excluding carboxylic acids is 1. The summed E-state index contributed by atoms with van der Waals surface area (Å²) in [5.41, 5.74) is 1.44. The smallest absolute Gasteiger partial charge is 0.344 e. The molecule has 28 heavy (non-hydrogen) atoms. The second kappa shape index (κ2) is 8.71. The molecule has 0 bridgehead atoms. The van der Waals surface area contributed by atoms with Gasteiger partial charge in [-0.25, -0.2) is 14.8 Å². The number of thioether (sulfide) groups is 1. The molecule has 0 amide bonds. The van der Waals surface area contributed by atoms with Gasteiger partial charge in [-0.15, -0.1) is 0 Å². The first-order valence-electron chi connectivity index (χ1n) is 8.37. The Kier molecular flexibility index (Phi) is 6.10. The predicted molar refractivity (Wildman–Crippen MR) is 104 cm³/mol. The number of methoxy groups -OCH3 is 1. The predicted octanol–water partition coefficient (Wildman–Crippen LogP) is 3.57. The number of aromatic nitrogens is 2. The number of carbonyl (C=O) groups is 1. The average molecular weight is 398 g/mol. The van der Waals surface area contributed by atoms with Gasteiger partial charge in [-0.3, -0.25) is 4.79 Å². The molecule has 8 heteroatoms. The van der Waals surface area contributed by atoms with E-state index in [1.54, 1.807) is 44.5 Å². The molecule has 3 aromatic rings. The molecule has 0 atom stereocenters. The third-order valence-electron chi connectivity index (χ3n) is 3.82.